The van der Waals surface area contributed by atoms with Crippen LogP contribution >= 0.6 is 0 Å². The van der Waals surface area contributed by atoms with Crippen LogP contribution < -0.4 is 10.1 Å². The van der Waals surface area contributed by atoms with E-state index in [1.807, 2.05) is 30.2 Å². The highest BCUT2D eigenvalue weighted by Crippen LogP contribution is 2.26. The van der Waals surface area contributed by atoms with Crippen LogP contribution in [0.25, 0.3) is 0 Å². The van der Waals surface area contributed by atoms with Crippen molar-refractivity contribution < 1.29 is 9.53 Å². The van der Waals surface area contributed by atoms with Crippen LogP contribution in [-0.4, -0.2) is 58.6 Å². The molecule has 0 saturated carbocycles. The average Bonchev–Trinajstić information content (AvgIpc) is 3.18. The number of ether oxygens (including phenoxy) is 1. The van der Waals surface area contributed by atoms with Gasteiger partial charge < -0.3 is 19.5 Å². The second-order valence-corrected chi connectivity index (χ2v) is 6.66. The number of carbonyl (C=O) groups excluding carboxylic acids is 1. The molecule has 25 heavy (non-hydrogen) atoms. The summed E-state index contributed by atoms with van der Waals surface area (Å²) >= 11 is 0. The Morgan fingerprint density at radius 3 is 2.84 bits per heavy atom. The Morgan fingerprint density at radius 1 is 1.28 bits per heavy atom. The molecule has 1 N–H and O–H groups in total. The van der Waals surface area contributed by atoms with Crippen LogP contribution in [0.3, 0.4) is 0 Å². The van der Waals surface area contributed by atoms with Gasteiger partial charge in [-0.25, -0.2) is 4.98 Å². The number of hydrogen-bond donors (Lipinski definition) is 1. The molecule has 1 saturated heterocycles. The molecule has 134 valence electrons. The van der Waals surface area contributed by atoms with E-state index in [1.165, 1.54) is 0 Å². The third-order valence-corrected chi connectivity index (χ3v) is 4.73. The fraction of sp³-hybridized carbons (Fsp3) is 0.500. The van der Waals surface area contributed by atoms with Crippen molar-refractivity contribution in [1.82, 2.24) is 24.8 Å². The Morgan fingerprint density at radius 2 is 2.12 bits per heavy atom. The number of rotatable bonds is 6. The second-order valence-electron chi connectivity index (χ2n) is 6.66. The third-order valence-electron chi connectivity index (χ3n) is 4.73. The molecular formula is C18H25N5O2. The molecule has 7 heteroatoms. The summed E-state index contributed by atoms with van der Waals surface area (Å²) in [7, 11) is 5.69. The van der Waals surface area contributed by atoms with Gasteiger partial charge in [0, 0.05) is 50.6 Å². The number of imidazole rings is 1. The van der Waals surface area contributed by atoms with E-state index in [0.29, 0.717) is 18.6 Å². The summed E-state index contributed by atoms with van der Waals surface area (Å²) in [4.78, 5) is 23.0. The van der Waals surface area contributed by atoms with Gasteiger partial charge in [-0.1, -0.05) is 0 Å². The molecule has 3 heterocycles. The molecule has 0 radical (unpaired) electrons. The highest BCUT2D eigenvalue weighted by atomic mass is 16.5. The van der Waals surface area contributed by atoms with Crippen LogP contribution in [0.4, 0.5) is 0 Å². The van der Waals surface area contributed by atoms with Crippen LogP contribution in [0.5, 0.6) is 5.75 Å². The van der Waals surface area contributed by atoms with Gasteiger partial charge in [0.15, 0.2) is 0 Å². The van der Waals surface area contributed by atoms with Gasteiger partial charge in [-0.05, 0) is 25.1 Å². The average molecular weight is 343 g/mol. The predicted octanol–water partition coefficient (Wildman–Crippen LogP) is 0.970. The normalized spacial score (nSPS) is 20.6. The number of nitrogens with zero attached hydrogens (tertiary/aromatic N) is 4. The van der Waals surface area contributed by atoms with Crippen molar-refractivity contribution in [2.24, 2.45) is 7.05 Å². The Balaban J connectivity index is 1.58. The number of aryl methyl sites for hydroxylation is 2. The summed E-state index contributed by atoms with van der Waals surface area (Å²) in [6.07, 6.45) is 8.23. The first-order chi connectivity index (χ1) is 12.1. The van der Waals surface area contributed by atoms with E-state index < -0.39 is 0 Å². The van der Waals surface area contributed by atoms with Crippen molar-refractivity contribution in [3.63, 3.8) is 0 Å². The molecule has 2 aromatic rings. The summed E-state index contributed by atoms with van der Waals surface area (Å²) in [5.74, 6) is 1.04. The molecule has 0 spiro atoms. The number of hydrogen-bond acceptors (Lipinski definition) is 5. The number of methoxy groups -OCH3 is 1. The van der Waals surface area contributed by atoms with E-state index in [1.54, 1.807) is 19.5 Å². The first kappa shape index (κ1) is 17.4. The maximum atomic E-state index is 12.4. The minimum atomic E-state index is 0.0651. The van der Waals surface area contributed by atoms with Crippen LogP contribution in [0.1, 0.15) is 23.6 Å². The van der Waals surface area contributed by atoms with E-state index in [0.717, 1.165) is 24.3 Å². The van der Waals surface area contributed by atoms with E-state index in [4.69, 9.17) is 4.74 Å². The highest BCUT2D eigenvalue weighted by Gasteiger charge is 2.34. The van der Waals surface area contributed by atoms with Crippen molar-refractivity contribution in [1.29, 1.82) is 0 Å². The first-order valence-corrected chi connectivity index (χ1v) is 8.49. The zero-order valence-corrected chi connectivity index (χ0v) is 15.0. The third kappa shape index (κ3) is 4.17. The number of likely N-dealkylation sites (tertiary alicyclic amines) is 1. The minimum absolute atomic E-state index is 0.0651. The SMILES string of the molecule is COc1cncc(CCC(=O)N[C@@H]2CN(C)C[C@H]2c2cncn2C)c1. The Hall–Kier alpha value is -2.41. The molecule has 2 atom stereocenters. The minimum Gasteiger partial charge on any atom is -0.495 e. The van der Waals surface area contributed by atoms with Gasteiger partial charge in [0.2, 0.25) is 5.91 Å². The maximum absolute atomic E-state index is 12.4. The van der Waals surface area contributed by atoms with E-state index in [9.17, 15) is 4.79 Å². The van der Waals surface area contributed by atoms with Gasteiger partial charge in [-0.3, -0.25) is 9.78 Å². The lowest BCUT2D eigenvalue weighted by atomic mass is 9.99. The molecule has 1 aliphatic rings. The lowest BCUT2D eigenvalue weighted by Gasteiger charge is -2.20. The summed E-state index contributed by atoms with van der Waals surface area (Å²) in [5, 5.41) is 3.20. The first-order valence-electron chi connectivity index (χ1n) is 8.49. The van der Waals surface area contributed by atoms with Gasteiger partial charge in [0.1, 0.15) is 5.75 Å². The van der Waals surface area contributed by atoms with Gasteiger partial charge in [0.05, 0.1) is 25.7 Å². The van der Waals surface area contributed by atoms with Crippen LogP contribution in [0.15, 0.2) is 31.0 Å². The van der Waals surface area contributed by atoms with Gasteiger partial charge in [-0.2, -0.15) is 0 Å². The van der Waals surface area contributed by atoms with Crippen LogP contribution in [0, 0.1) is 0 Å². The largest absolute Gasteiger partial charge is 0.495 e. The second kappa shape index (κ2) is 7.65. The lowest BCUT2D eigenvalue weighted by Crippen LogP contribution is -2.40. The zero-order valence-electron chi connectivity index (χ0n) is 15.0. The Bertz CT molecular complexity index is 730. The number of aromatic nitrogens is 3. The molecule has 1 amide bonds. The van der Waals surface area contributed by atoms with Crippen molar-refractivity contribution in [2.45, 2.75) is 24.8 Å². The highest BCUT2D eigenvalue weighted by molar-refractivity contribution is 5.76. The topological polar surface area (TPSA) is 72.3 Å². The van der Waals surface area contributed by atoms with Crippen molar-refractivity contribution >= 4 is 5.91 Å². The molecule has 0 bridgehead atoms. The predicted molar refractivity (Wildman–Crippen MR) is 94.5 cm³/mol. The van der Waals surface area contributed by atoms with Crippen molar-refractivity contribution in [3.05, 3.63) is 42.2 Å². The quantitative estimate of drug-likeness (QED) is 0.846. The van der Waals surface area contributed by atoms with Gasteiger partial charge in [0.25, 0.3) is 0 Å². The zero-order chi connectivity index (χ0) is 17.8. The smallest absolute Gasteiger partial charge is 0.220 e. The molecule has 0 aliphatic carbocycles. The van der Waals surface area contributed by atoms with Gasteiger partial charge in [-0.15, -0.1) is 0 Å². The van der Waals surface area contributed by atoms with E-state index >= 15 is 0 Å². The lowest BCUT2D eigenvalue weighted by molar-refractivity contribution is -0.121. The van der Waals surface area contributed by atoms with Crippen LogP contribution in [-0.2, 0) is 18.3 Å². The maximum Gasteiger partial charge on any atom is 0.220 e. The Kier molecular flexibility index (Phi) is 5.33. The van der Waals surface area contributed by atoms with E-state index in [-0.39, 0.29) is 17.9 Å². The number of likely N-dealkylation sites (N-methyl/N-ethyl adjacent to an activating group) is 1. The monoisotopic (exact) mass is 343 g/mol. The number of carbonyl (C=O) groups is 1. The fourth-order valence-corrected chi connectivity index (χ4v) is 3.42. The summed E-state index contributed by atoms with van der Waals surface area (Å²) in [6.45, 7) is 1.77. The molecule has 1 aliphatic heterocycles. The molecule has 3 rings (SSSR count). The molecular weight excluding hydrogens is 318 g/mol. The summed E-state index contributed by atoms with van der Waals surface area (Å²) in [6, 6.07) is 2.03. The molecule has 0 aromatic carbocycles. The summed E-state index contributed by atoms with van der Waals surface area (Å²) < 4.78 is 7.20. The molecule has 0 unspecified atom stereocenters. The van der Waals surface area contributed by atoms with Crippen molar-refractivity contribution in [3.8, 4) is 5.75 Å². The molecule has 7 nitrogen and oxygen atoms in total. The number of amides is 1. The molecule has 2 aromatic heterocycles. The summed E-state index contributed by atoms with van der Waals surface area (Å²) in [5.41, 5.74) is 2.16. The standard InChI is InChI=1S/C18H25N5O2/c1-22-10-15(17-9-20-12-23(17)2)16(11-22)21-18(24)5-4-13-6-14(25-3)8-19-7-13/h6-9,12,15-16H,4-5,10-11H2,1-3H3,(H,21,24)/t15-,16-/m1/s1. The molecule has 1 fully saturated rings. The van der Waals surface area contributed by atoms with Crippen LogP contribution in [0.2, 0.25) is 0 Å². The van der Waals surface area contributed by atoms with E-state index in [2.05, 4.69) is 27.2 Å². The van der Waals surface area contributed by atoms with Gasteiger partial charge >= 0.3 is 0 Å². The number of pyridine rings is 1. The fourth-order valence-electron chi connectivity index (χ4n) is 3.42. The number of nitrogens with one attached hydrogen (secondary N) is 1. The Labute approximate surface area is 148 Å². The van der Waals surface area contributed by atoms with Crippen molar-refractivity contribution in [2.75, 3.05) is 27.2 Å².